The van der Waals surface area contributed by atoms with Crippen LogP contribution in [0.15, 0.2) is 60.0 Å². The van der Waals surface area contributed by atoms with Gasteiger partial charge in [0.25, 0.3) is 5.91 Å². The number of carbonyl (C=O) groups is 1. The van der Waals surface area contributed by atoms with E-state index in [1.54, 1.807) is 11.8 Å². The Labute approximate surface area is 149 Å². The first kappa shape index (κ1) is 18.3. The molecule has 2 aromatic carbocycles. The molecule has 2 rings (SSSR count). The summed E-state index contributed by atoms with van der Waals surface area (Å²) in [7, 11) is 0. The van der Waals surface area contributed by atoms with Crippen molar-refractivity contribution in [1.29, 1.82) is 0 Å². The number of rotatable bonds is 7. The number of thioether (sulfide) groups is 1. The summed E-state index contributed by atoms with van der Waals surface area (Å²) < 4.78 is 0. The fraction of sp³-hybridized carbons (Fsp3) is 0.286. The average molecular weight is 340 g/mol. The van der Waals surface area contributed by atoms with E-state index in [0.29, 0.717) is 0 Å². The Bertz CT molecular complexity index is 724. The van der Waals surface area contributed by atoms with E-state index in [2.05, 4.69) is 50.9 Å². The molecular formula is C21H25NOS. The zero-order valence-corrected chi connectivity index (χ0v) is 15.5. The van der Waals surface area contributed by atoms with Gasteiger partial charge in [-0.1, -0.05) is 43.3 Å². The van der Waals surface area contributed by atoms with Crippen molar-refractivity contribution in [3.05, 3.63) is 77.4 Å². The molecule has 0 radical (unpaired) electrons. The number of carbonyl (C=O) groups excluding carboxylic acids is 1. The molecule has 24 heavy (non-hydrogen) atoms. The summed E-state index contributed by atoms with van der Waals surface area (Å²) >= 11 is 1.63. The molecule has 126 valence electrons. The summed E-state index contributed by atoms with van der Waals surface area (Å²) in [5.74, 6) is 0.769. The second-order valence-electron chi connectivity index (χ2n) is 5.87. The highest BCUT2D eigenvalue weighted by atomic mass is 32.2. The Morgan fingerprint density at radius 2 is 1.96 bits per heavy atom. The van der Waals surface area contributed by atoms with Gasteiger partial charge in [0.05, 0.1) is 11.6 Å². The number of benzene rings is 2. The van der Waals surface area contributed by atoms with Crippen LogP contribution in [0, 0.1) is 13.8 Å². The highest BCUT2D eigenvalue weighted by molar-refractivity contribution is 7.99. The van der Waals surface area contributed by atoms with Gasteiger partial charge in [0, 0.05) is 10.6 Å². The third kappa shape index (κ3) is 4.51. The van der Waals surface area contributed by atoms with Gasteiger partial charge in [0.15, 0.2) is 0 Å². The van der Waals surface area contributed by atoms with Crippen molar-refractivity contribution in [3.63, 3.8) is 0 Å². The molecule has 0 aliphatic heterocycles. The minimum absolute atomic E-state index is 0.0211. The van der Waals surface area contributed by atoms with Gasteiger partial charge in [-0.25, -0.2) is 0 Å². The van der Waals surface area contributed by atoms with Gasteiger partial charge in [0.1, 0.15) is 0 Å². The van der Waals surface area contributed by atoms with Crippen LogP contribution in [0.5, 0.6) is 0 Å². The van der Waals surface area contributed by atoms with Crippen LogP contribution in [-0.4, -0.2) is 11.7 Å². The second-order valence-corrected chi connectivity index (χ2v) is 6.94. The van der Waals surface area contributed by atoms with Crippen LogP contribution in [0.4, 0.5) is 0 Å². The van der Waals surface area contributed by atoms with Gasteiger partial charge in [-0.2, -0.15) is 0 Å². The van der Waals surface area contributed by atoms with Crippen molar-refractivity contribution in [3.8, 4) is 0 Å². The SMILES string of the molecule is C=CCSc1ccccc1C(=O)N[C@@H](CC)c1ccc(C)c(C)c1. The van der Waals surface area contributed by atoms with Crippen molar-refractivity contribution < 1.29 is 4.79 Å². The van der Waals surface area contributed by atoms with Gasteiger partial charge < -0.3 is 5.32 Å². The lowest BCUT2D eigenvalue weighted by molar-refractivity contribution is 0.0932. The lowest BCUT2D eigenvalue weighted by Gasteiger charge is -2.19. The molecule has 0 aliphatic carbocycles. The third-order valence-corrected chi connectivity index (χ3v) is 5.20. The summed E-state index contributed by atoms with van der Waals surface area (Å²) in [6.45, 7) is 10.0. The Balaban J connectivity index is 2.20. The predicted octanol–water partition coefficient (Wildman–Crippen LogP) is 5.46. The van der Waals surface area contributed by atoms with Crippen molar-refractivity contribution >= 4 is 17.7 Å². The lowest BCUT2D eigenvalue weighted by Crippen LogP contribution is -2.28. The highest BCUT2D eigenvalue weighted by Crippen LogP contribution is 2.25. The lowest BCUT2D eigenvalue weighted by atomic mass is 9.99. The van der Waals surface area contributed by atoms with Gasteiger partial charge >= 0.3 is 0 Å². The number of hydrogen-bond donors (Lipinski definition) is 1. The smallest absolute Gasteiger partial charge is 0.252 e. The van der Waals surface area contributed by atoms with E-state index in [4.69, 9.17) is 0 Å². The van der Waals surface area contributed by atoms with Crippen LogP contribution >= 0.6 is 11.8 Å². The quantitative estimate of drug-likeness (QED) is 0.536. The van der Waals surface area contributed by atoms with Crippen molar-refractivity contribution in [2.75, 3.05) is 5.75 Å². The van der Waals surface area contributed by atoms with E-state index in [1.165, 1.54) is 11.1 Å². The van der Waals surface area contributed by atoms with Crippen LogP contribution in [0.3, 0.4) is 0 Å². The Morgan fingerprint density at radius 3 is 2.62 bits per heavy atom. The molecule has 0 unspecified atom stereocenters. The Morgan fingerprint density at radius 1 is 1.21 bits per heavy atom. The van der Waals surface area contributed by atoms with E-state index in [9.17, 15) is 4.79 Å². The van der Waals surface area contributed by atoms with E-state index in [-0.39, 0.29) is 11.9 Å². The predicted molar refractivity (Wildman–Crippen MR) is 104 cm³/mol. The van der Waals surface area contributed by atoms with Crippen LogP contribution in [-0.2, 0) is 0 Å². The first-order chi connectivity index (χ1) is 11.6. The molecule has 2 nitrogen and oxygen atoms in total. The molecule has 0 heterocycles. The minimum atomic E-state index is -0.0211. The zero-order valence-electron chi connectivity index (χ0n) is 14.6. The molecule has 0 saturated carbocycles. The summed E-state index contributed by atoms with van der Waals surface area (Å²) in [6.07, 6.45) is 2.71. The summed E-state index contributed by atoms with van der Waals surface area (Å²) in [4.78, 5) is 13.8. The summed E-state index contributed by atoms with van der Waals surface area (Å²) in [5.41, 5.74) is 4.41. The monoisotopic (exact) mass is 339 g/mol. The third-order valence-electron chi connectivity index (χ3n) is 4.14. The van der Waals surface area contributed by atoms with Crippen LogP contribution in [0.2, 0.25) is 0 Å². The minimum Gasteiger partial charge on any atom is -0.345 e. The van der Waals surface area contributed by atoms with E-state index in [0.717, 1.165) is 28.2 Å². The van der Waals surface area contributed by atoms with E-state index < -0.39 is 0 Å². The average Bonchev–Trinajstić information content (AvgIpc) is 2.60. The molecule has 0 saturated heterocycles. The zero-order chi connectivity index (χ0) is 17.5. The van der Waals surface area contributed by atoms with Gasteiger partial charge in [-0.15, -0.1) is 18.3 Å². The molecule has 1 amide bonds. The molecule has 0 aliphatic rings. The summed E-state index contributed by atoms with van der Waals surface area (Å²) in [6, 6.07) is 14.2. The van der Waals surface area contributed by atoms with Crippen LogP contribution in [0.1, 0.15) is 46.4 Å². The molecule has 2 aromatic rings. The molecule has 0 bridgehead atoms. The standard InChI is InChI=1S/C21H25NOS/c1-5-13-24-20-10-8-7-9-18(20)21(23)22-19(6-2)17-12-11-15(3)16(4)14-17/h5,7-12,14,19H,1,6,13H2,2-4H3,(H,22,23)/t19-/m0/s1. The van der Waals surface area contributed by atoms with Crippen LogP contribution in [0.25, 0.3) is 0 Å². The first-order valence-electron chi connectivity index (χ1n) is 8.27. The number of nitrogens with one attached hydrogen (secondary N) is 1. The normalized spacial score (nSPS) is 11.8. The van der Waals surface area contributed by atoms with Crippen molar-refractivity contribution in [1.82, 2.24) is 5.32 Å². The molecular weight excluding hydrogens is 314 g/mol. The molecule has 1 N–H and O–H groups in total. The summed E-state index contributed by atoms with van der Waals surface area (Å²) in [5, 5.41) is 3.18. The maximum atomic E-state index is 12.8. The number of aryl methyl sites for hydroxylation is 2. The molecule has 3 heteroatoms. The fourth-order valence-corrected chi connectivity index (χ4v) is 3.36. The van der Waals surface area contributed by atoms with E-state index >= 15 is 0 Å². The molecule has 0 fully saturated rings. The maximum absolute atomic E-state index is 12.8. The first-order valence-corrected chi connectivity index (χ1v) is 9.26. The van der Waals surface area contributed by atoms with Crippen LogP contribution < -0.4 is 5.32 Å². The number of amides is 1. The Kier molecular flexibility index (Phi) is 6.68. The fourth-order valence-electron chi connectivity index (χ4n) is 2.57. The maximum Gasteiger partial charge on any atom is 0.252 e. The van der Waals surface area contributed by atoms with Crippen molar-refractivity contribution in [2.24, 2.45) is 0 Å². The Hall–Kier alpha value is -2.00. The highest BCUT2D eigenvalue weighted by Gasteiger charge is 2.17. The largest absolute Gasteiger partial charge is 0.345 e. The van der Waals surface area contributed by atoms with Gasteiger partial charge in [-0.05, 0) is 49.1 Å². The topological polar surface area (TPSA) is 29.1 Å². The molecule has 0 aromatic heterocycles. The number of hydrogen-bond acceptors (Lipinski definition) is 2. The molecule has 0 spiro atoms. The molecule has 1 atom stereocenters. The van der Waals surface area contributed by atoms with Gasteiger partial charge in [0.2, 0.25) is 0 Å². The second kappa shape index (κ2) is 8.74. The van der Waals surface area contributed by atoms with Crippen molar-refractivity contribution in [2.45, 2.75) is 38.1 Å². The van der Waals surface area contributed by atoms with Gasteiger partial charge in [-0.3, -0.25) is 4.79 Å². The van der Waals surface area contributed by atoms with E-state index in [1.807, 2.05) is 30.3 Å².